The van der Waals surface area contributed by atoms with Crippen LogP contribution in [0.15, 0.2) is 36.5 Å². The molecular formula is C42H79NO8P+. The van der Waals surface area contributed by atoms with E-state index < -0.39 is 26.5 Å². The van der Waals surface area contributed by atoms with Gasteiger partial charge in [-0.2, -0.15) is 0 Å². The second-order valence-electron chi connectivity index (χ2n) is 15.0. The zero-order valence-electron chi connectivity index (χ0n) is 34.0. The van der Waals surface area contributed by atoms with Crippen LogP contribution < -0.4 is 0 Å². The standard InChI is InChI=1S/C42H78NO8P/c1-6-8-10-12-14-16-18-20-21-23-25-27-29-31-33-35-42(45)51-40(39-50-52(46,47)49-37-36-43(3,4)5)38-48-41(44)34-32-30-28-26-24-22-19-17-15-13-11-9-7-2/h8,10,14,16,20-21,40H,6-7,9,11-13,15,17-19,22-39H2,1-5H3/p+1/b10-8+,16-14+,21-20+/t40-/m1/s1. The first kappa shape index (κ1) is 50.2. The summed E-state index contributed by atoms with van der Waals surface area (Å²) in [5.41, 5.74) is 0. The molecule has 0 rings (SSSR count). The summed E-state index contributed by atoms with van der Waals surface area (Å²) in [5, 5.41) is 0. The second-order valence-corrected chi connectivity index (χ2v) is 16.5. The summed E-state index contributed by atoms with van der Waals surface area (Å²) >= 11 is 0. The van der Waals surface area contributed by atoms with Crippen molar-refractivity contribution < 1.29 is 42.1 Å². The lowest BCUT2D eigenvalue weighted by Gasteiger charge is -2.24. The van der Waals surface area contributed by atoms with Gasteiger partial charge in [-0.1, -0.05) is 147 Å². The number of nitrogens with zero attached hydrogens (tertiary/aromatic N) is 1. The monoisotopic (exact) mass is 757 g/mol. The third-order valence-electron chi connectivity index (χ3n) is 8.68. The van der Waals surface area contributed by atoms with Gasteiger partial charge in [0.25, 0.3) is 0 Å². The van der Waals surface area contributed by atoms with Gasteiger partial charge in [0.15, 0.2) is 6.10 Å². The molecule has 0 radical (unpaired) electrons. The highest BCUT2D eigenvalue weighted by Gasteiger charge is 2.27. The Labute approximate surface area is 319 Å². The molecular weight excluding hydrogens is 677 g/mol. The van der Waals surface area contributed by atoms with Gasteiger partial charge in [0.1, 0.15) is 19.8 Å². The van der Waals surface area contributed by atoms with E-state index in [1.54, 1.807) is 0 Å². The van der Waals surface area contributed by atoms with E-state index in [1.807, 2.05) is 21.1 Å². The summed E-state index contributed by atoms with van der Waals surface area (Å²) in [6.07, 6.45) is 37.6. The summed E-state index contributed by atoms with van der Waals surface area (Å²) in [5.74, 6) is -0.817. The highest BCUT2D eigenvalue weighted by Crippen LogP contribution is 2.43. The van der Waals surface area contributed by atoms with Gasteiger partial charge in [-0.15, -0.1) is 0 Å². The molecule has 0 amide bonds. The van der Waals surface area contributed by atoms with Crippen LogP contribution in [0.4, 0.5) is 0 Å². The fraction of sp³-hybridized carbons (Fsp3) is 0.810. The number of hydrogen-bond acceptors (Lipinski definition) is 7. The highest BCUT2D eigenvalue weighted by atomic mass is 31.2. The Hall–Kier alpha value is -1.77. The lowest BCUT2D eigenvalue weighted by molar-refractivity contribution is -0.870. The maximum absolute atomic E-state index is 12.6. The smallest absolute Gasteiger partial charge is 0.462 e. The Morgan fingerprint density at radius 3 is 1.63 bits per heavy atom. The van der Waals surface area contributed by atoms with Crippen molar-refractivity contribution in [3.8, 4) is 0 Å². The SMILES string of the molecule is CC/C=C/C/C=C/C/C=C/CCCCCCCC(=O)O[C@H](COC(=O)CCCCCCCCCCCCCCC)COP(=O)(O)OCC[N+](C)(C)C. The number of carbonyl (C=O) groups is 2. The van der Waals surface area contributed by atoms with Gasteiger partial charge in [-0.25, -0.2) is 4.57 Å². The molecule has 0 saturated heterocycles. The number of phosphoric ester groups is 1. The quantitative estimate of drug-likeness (QED) is 0.0219. The van der Waals surface area contributed by atoms with Gasteiger partial charge in [0, 0.05) is 12.8 Å². The minimum absolute atomic E-state index is 0.0284. The van der Waals surface area contributed by atoms with Crippen molar-refractivity contribution in [1.29, 1.82) is 0 Å². The Morgan fingerprint density at radius 1 is 0.615 bits per heavy atom. The Bertz CT molecular complexity index is 991. The van der Waals surface area contributed by atoms with Crippen molar-refractivity contribution in [1.82, 2.24) is 0 Å². The molecule has 0 spiro atoms. The predicted octanol–water partition coefficient (Wildman–Crippen LogP) is 11.4. The van der Waals surface area contributed by atoms with E-state index in [1.165, 1.54) is 64.2 Å². The average molecular weight is 757 g/mol. The van der Waals surface area contributed by atoms with Crippen LogP contribution >= 0.6 is 7.82 Å². The van der Waals surface area contributed by atoms with Gasteiger partial charge in [0.05, 0.1) is 27.7 Å². The van der Waals surface area contributed by atoms with E-state index in [2.05, 4.69) is 50.3 Å². The molecule has 0 saturated carbocycles. The molecule has 0 bridgehead atoms. The number of quaternary nitrogens is 1. The fourth-order valence-electron chi connectivity index (χ4n) is 5.44. The zero-order valence-corrected chi connectivity index (χ0v) is 34.9. The number of hydrogen-bond donors (Lipinski definition) is 1. The molecule has 304 valence electrons. The third kappa shape index (κ3) is 38.0. The van der Waals surface area contributed by atoms with E-state index in [0.29, 0.717) is 17.4 Å². The summed E-state index contributed by atoms with van der Waals surface area (Å²) in [4.78, 5) is 35.3. The van der Waals surface area contributed by atoms with Gasteiger partial charge in [0.2, 0.25) is 0 Å². The number of ether oxygens (including phenoxy) is 2. The number of carbonyl (C=O) groups excluding carboxylic acids is 2. The lowest BCUT2D eigenvalue weighted by Crippen LogP contribution is -2.37. The molecule has 10 heteroatoms. The van der Waals surface area contributed by atoms with Crippen LogP contribution in [0.3, 0.4) is 0 Å². The molecule has 2 atom stereocenters. The van der Waals surface area contributed by atoms with Crippen molar-refractivity contribution in [2.75, 3.05) is 47.5 Å². The summed E-state index contributed by atoms with van der Waals surface area (Å²) in [6.45, 7) is 4.28. The molecule has 9 nitrogen and oxygen atoms in total. The minimum Gasteiger partial charge on any atom is -0.462 e. The first-order valence-corrected chi connectivity index (χ1v) is 22.2. The maximum Gasteiger partial charge on any atom is 0.472 e. The van der Waals surface area contributed by atoms with Crippen molar-refractivity contribution >= 4 is 19.8 Å². The predicted molar refractivity (Wildman–Crippen MR) is 215 cm³/mol. The molecule has 0 aromatic carbocycles. The third-order valence-corrected chi connectivity index (χ3v) is 9.67. The summed E-state index contributed by atoms with van der Waals surface area (Å²) in [6, 6.07) is 0. The Balaban J connectivity index is 4.42. The molecule has 52 heavy (non-hydrogen) atoms. The topological polar surface area (TPSA) is 108 Å². The summed E-state index contributed by atoms with van der Waals surface area (Å²) in [7, 11) is 1.46. The van der Waals surface area contributed by atoms with E-state index in [-0.39, 0.29) is 32.0 Å². The van der Waals surface area contributed by atoms with Gasteiger partial charge < -0.3 is 18.9 Å². The van der Waals surface area contributed by atoms with Crippen molar-refractivity contribution in [3.05, 3.63) is 36.5 Å². The normalized spacial score (nSPS) is 14.0. The van der Waals surface area contributed by atoms with Crippen LogP contribution in [0.2, 0.25) is 0 Å². The van der Waals surface area contributed by atoms with Crippen LogP contribution in [0.1, 0.15) is 168 Å². The minimum atomic E-state index is -4.37. The highest BCUT2D eigenvalue weighted by molar-refractivity contribution is 7.47. The van der Waals surface area contributed by atoms with Crippen LogP contribution in [0.5, 0.6) is 0 Å². The van der Waals surface area contributed by atoms with Crippen molar-refractivity contribution in [3.63, 3.8) is 0 Å². The number of phosphoric acid groups is 1. The first-order chi connectivity index (χ1) is 25.0. The maximum atomic E-state index is 12.6. The van der Waals surface area contributed by atoms with Crippen molar-refractivity contribution in [2.24, 2.45) is 0 Å². The van der Waals surface area contributed by atoms with E-state index in [4.69, 9.17) is 18.5 Å². The van der Waals surface area contributed by atoms with E-state index in [9.17, 15) is 19.0 Å². The van der Waals surface area contributed by atoms with Gasteiger partial charge >= 0.3 is 19.8 Å². The molecule has 0 aromatic heterocycles. The largest absolute Gasteiger partial charge is 0.472 e. The van der Waals surface area contributed by atoms with Crippen molar-refractivity contribution in [2.45, 2.75) is 174 Å². The van der Waals surface area contributed by atoms with Crippen LogP contribution in [-0.4, -0.2) is 74.9 Å². The molecule has 0 aromatic rings. The molecule has 0 aliphatic carbocycles. The molecule has 0 fully saturated rings. The van der Waals surface area contributed by atoms with Crippen LogP contribution in [-0.2, 0) is 32.7 Å². The molecule has 0 aliphatic heterocycles. The van der Waals surface area contributed by atoms with E-state index >= 15 is 0 Å². The number of unbranched alkanes of at least 4 members (excludes halogenated alkanes) is 17. The molecule has 1 N–H and O–H groups in total. The average Bonchev–Trinajstić information content (AvgIpc) is 3.09. The fourth-order valence-corrected chi connectivity index (χ4v) is 6.18. The zero-order chi connectivity index (χ0) is 38.6. The first-order valence-electron chi connectivity index (χ1n) is 20.7. The Kier molecular flexibility index (Phi) is 33.8. The second kappa shape index (κ2) is 35.0. The van der Waals surface area contributed by atoms with Crippen LogP contribution in [0.25, 0.3) is 0 Å². The number of likely N-dealkylation sites (N-methyl/N-ethyl adjacent to an activating group) is 1. The number of esters is 2. The van der Waals surface area contributed by atoms with Crippen LogP contribution in [0, 0.1) is 0 Å². The van der Waals surface area contributed by atoms with Gasteiger partial charge in [-0.05, 0) is 44.9 Å². The Morgan fingerprint density at radius 2 is 1.10 bits per heavy atom. The lowest BCUT2D eigenvalue weighted by atomic mass is 10.0. The molecule has 0 heterocycles. The summed E-state index contributed by atoms with van der Waals surface area (Å²) < 4.78 is 34.2. The number of allylic oxidation sites excluding steroid dienone is 6. The van der Waals surface area contributed by atoms with Gasteiger partial charge in [-0.3, -0.25) is 18.6 Å². The number of rotatable bonds is 37. The van der Waals surface area contributed by atoms with E-state index in [0.717, 1.165) is 70.6 Å². The molecule has 0 aliphatic rings. The molecule has 1 unspecified atom stereocenters.